The highest BCUT2D eigenvalue weighted by Gasteiger charge is 2.15. The van der Waals surface area contributed by atoms with Gasteiger partial charge in [-0.3, -0.25) is 0 Å². The molecule has 3 aromatic heterocycles. The van der Waals surface area contributed by atoms with Gasteiger partial charge < -0.3 is 0 Å². The lowest BCUT2D eigenvalue weighted by Crippen LogP contribution is -1.98. The topological polar surface area (TPSA) is 0 Å². The smallest absolute Gasteiger partial charge is 0.0478 e. The predicted octanol–water partition coefficient (Wildman–Crippen LogP) is 12.4. The minimum atomic E-state index is -0.424. The molecule has 0 bridgehead atoms. The fraction of sp³-hybridized carbons (Fsp3) is 0.303. The number of hydrogen-bond donors (Lipinski definition) is 0. The average Bonchev–Trinajstić information content (AvgIpc) is 3.71. The van der Waals surface area contributed by atoms with Crippen LogP contribution in [0.4, 0.5) is 0 Å². The number of thiophene rings is 3. The summed E-state index contributed by atoms with van der Waals surface area (Å²) >= 11 is 7.58. The molecule has 0 saturated carbocycles. The van der Waals surface area contributed by atoms with Crippen molar-refractivity contribution in [3.63, 3.8) is 0 Å². The van der Waals surface area contributed by atoms with Gasteiger partial charge in [0.1, 0.15) is 0 Å². The maximum atomic E-state index is 2.51. The molecule has 0 nitrogen and oxygen atoms in total. The third-order valence-electron chi connectivity index (χ3n) is 6.99. The molecule has 5 heteroatoms. The van der Waals surface area contributed by atoms with Crippen molar-refractivity contribution < 1.29 is 0 Å². The molecule has 0 spiro atoms. The summed E-state index contributed by atoms with van der Waals surface area (Å²) in [5, 5.41) is 4.60. The Morgan fingerprint density at radius 3 is 2.45 bits per heavy atom. The molecule has 1 aliphatic heterocycles. The van der Waals surface area contributed by atoms with Gasteiger partial charge in [0, 0.05) is 29.3 Å². The van der Waals surface area contributed by atoms with E-state index in [0.717, 1.165) is 6.42 Å². The molecular weight excluding hydrogens is 556 g/mol. The number of rotatable bonds is 10. The Bertz CT molecular complexity index is 1450. The zero-order valence-electron chi connectivity index (χ0n) is 23.6. The molecule has 0 aromatic carbocycles. The first-order chi connectivity index (χ1) is 18.3. The van der Waals surface area contributed by atoms with Gasteiger partial charge >= 0.3 is 0 Å². The van der Waals surface area contributed by atoms with E-state index < -0.39 is 7.55 Å². The van der Waals surface area contributed by atoms with E-state index in [1.54, 1.807) is 0 Å². The lowest BCUT2D eigenvalue weighted by molar-refractivity contribution is 0.669. The zero-order valence-corrected chi connectivity index (χ0v) is 27.8. The fourth-order valence-electron chi connectivity index (χ4n) is 4.39. The maximum Gasteiger partial charge on any atom is 0.0478 e. The van der Waals surface area contributed by atoms with Gasteiger partial charge in [-0.1, -0.05) is 70.4 Å². The van der Waals surface area contributed by atoms with Crippen LogP contribution in [0.3, 0.4) is 0 Å². The second-order valence-electron chi connectivity index (χ2n) is 9.93. The van der Waals surface area contributed by atoms with Crippen LogP contribution in [0.25, 0.3) is 25.1 Å². The van der Waals surface area contributed by atoms with E-state index in [1.165, 1.54) is 63.6 Å². The summed E-state index contributed by atoms with van der Waals surface area (Å²) < 4.78 is 0. The molecule has 0 N–H and O–H groups in total. The van der Waals surface area contributed by atoms with Crippen LogP contribution in [-0.2, 0) is 0 Å². The van der Waals surface area contributed by atoms with E-state index in [2.05, 4.69) is 119 Å². The van der Waals surface area contributed by atoms with Crippen molar-refractivity contribution >= 4 is 64.0 Å². The minimum absolute atomic E-state index is 0.424. The van der Waals surface area contributed by atoms with Crippen LogP contribution in [0.1, 0.15) is 57.9 Å². The van der Waals surface area contributed by atoms with Crippen LogP contribution in [0, 0.1) is 12.8 Å². The molecule has 0 radical (unpaired) electrons. The Kier molecular flexibility index (Phi) is 10.6. The van der Waals surface area contributed by atoms with Gasteiger partial charge in [-0.05, 0) is 115 Å². The summed E-state index contributed by atoms with van der Waals surface area (Å²) in [6.45, 7) is 16.0. The van der Waals surface area contributed by atoms with Gasteiger partial charge in [-0.2, -0.15) is 0 Å². The SMILES string of the molecule is CCC(=C\C=C(/C)c1ccc(-c2sc(-c3cccs3)cc2C)s1)/C(C)=C/C=C(/C1=C[PH](C)=CS1)C(C)CC. The van der Waals surface area contributed by atoms with Gasteiger partial charge in [0.2, 0.25) is 0 Å². The van der Waals surface area contributed by atoms with Crippen LogP contribution >= 0.6 is 53.3 Å². The zero-order chi connectivity index (χ0) is 27.2. The van der Waals surface area contributed by atoms with E-state index in [1.807, 2.05) is 45.8 Å². The third-order valence-corrected chi connectivity index (χ3v) is 14.2. The highest BCUT2D eigenvalue weighted by molar-refractivity contribution is 8.22. The molecule has 0 saturated heterocycles. The predicted molar refractivity (Wildman–Crippen MR) is 185 cm³/mol. The van der Waals surface area contributed by atoms with Crippen molar-refractivity contribution in [2.24, 2.45) is 5.92 Å². The molecule has 0 amide bonds. The Morgan fingerprint density at radius 1 is 0.974 bits per heavy atom. The summed E-state index contributed by atoms with van der Waals surface area (Å²) in [4.78, 5) is 8.32. The van der Waals surface area contributed by atoms with Crippen molar-refractivity contribution in [2.45, 2.75) is 54.4 Å². The fourth-order valence-corrected chi connectivity index (χ4v) is 10.9. The van der Waals surface area contributed by atoms with Gasteiger partial charge in [0.15, 0.2) is 0 Å². The van der Waals surface area contributed by atoms with E-state index >= 15 is 0 Å². The largest absolute Gasteiger partial charge is 0.143 e. The first-order valence-corrected chi connectivity index (χ1v) is 18.9. The summed E-state index contributed by atoms with van der Waals surface area (Å²) in [6.07, 6.45) is 11.6. The Hall–Kier alpha value is -1.55. The number of allylic oxidation sites excluding steroid dienone is 8. The third kappa shape index (κ3) is 7.14. The average molecular weight is 595 g/mol. The van der Waals surface area contributed by atoms with Crippen LogP contribution in [0.2, 0.25) is 0 Å². The number of hydrogen-bond acceptors (Lipinski definition) is 4. The molecule has 2 unspecified atom stereocenters. The van der Waals surface area contributed by atoms with Crippen LogP contribution in [-0.4, -0.2) is 11.8 Å². The quantitative estimate of drug-likeness (QED) is 0.166. The molecule has 200 valence electrons. The Labute approximate surface area is 247 Å². The molecule has 38 heavy (non-hydrogen) atoms. The van der Waals surface area contributed by atoms with Crippen molar-refractivity contribution in [2.75, 3.05) is 6.66 Å². The van der Waals surface area contributed by atoms with Crippen molar-refractivity contribution in [1.29, 1.82) is 0 Å². The van der Waals surface area contributed by atoms with Gasteiger partial charge in [-0.25, -0.2) is 0 Å². The highest BCUT2D eigenvalue weighted by atomic mass is 32.2. The summed E-state index contributed by atoms with van der Waals surface area (Å²) in [5.41, 5.74) is 6.94. The van der Waals surface area contributed by atoms with E-state index in [-0.39, 0.29) is 0 Å². The Balaban J connectivity index is 1.53. The van der Waals surface area contributed by atoms with E-state index in [4.69, 9.17) is 0 Å². The molecule has 3 aromatic rings. The maximum absolute atomic E-state index is 2.51. The Morgan fingerprint density at radius 2 is 1.79 bits per heavy atom. The number of thioether (sulfide) groups is 1. The van der Waals surface area contributed by atoms with Gasteiger partial charge in [0.05, 0.1) is 0 Å². The second kappa shape index (κ2) is 13.7. The molecule has 0 fully saturated rings. The molecule has 4 heterocycles. The van der Waals surface area contributed by atoms with E-state index in [9.17, 15) is 0 Å². The molecule has 0 aliphatic carbocycles. The minimum Gasteiger partial charge on any atom is -0.143 e. The van der Waals surface area contributed by atoms with Crippen LogP contribution in [0.15, 0.2) is 87.5 Å². The monoisotopic (exact) mass is 594 g/mol. The van der Waals surface area contributed by atoms with Crippen molar-refractivity contribution in [1.82, 2.24) is 0 Å². The summed E-state index contributed by atoms with van der Waals surface area (Å²) in [6, 6.07) is 11.3. The standard InChI is InChI=1S/C33H39PS4/c1-8-22(3)27(32-20-34(7)21-36-32)15-13-23(4)26(9-2)14-12-24(5)28-16-17-30(37-28)33-25(6)19-31(38-33)29-11-10-18-35-29/h10-22,34H,8-9H2,1-7H3/b23-13+,24-12+,26-14+,27-15+. The first kappa shape index (κ1) is 29.4. The molecular formula is C33H39PS4. The summed E-state index contributed by atoms with van der Waals surface area (Å²) in [5.74, 6) is 3.09. The summed E-state index contributed by atoms with van der Waals surface area (Å²) in [7, 11) is -0.424. The van der Waals surface area contributed by atoms with Gasteiger partial charge in [0.25, 0.3) is 0 Å². The van der Waals surface area contributed by atoms with Gasteiger partial charge in [-0.15, -0.1) is 34.0 Å². The van der Waals surface area contributed by atoms with Crippen LogP contribution in [0.5, 0.6) is 0 Å². The molecule has 2 atom stereocenters. The van der Waals surface area contributed by atoms with Crippen LogP contribution < -0.4 is 0 Å². The molecule has 4 rings (SSSR count). The highest BCUT2D eigenvalue weighted by Crippen LogP contribution is 2.43. The second-order valence-corrected chi connectivity index (χ2v) is 16.4. The first-order valence-electron chi connectivity index (χ1n) is 13.4. The lowest BCUT2D eigenvalue weighted by Gasteiger charge is -2.15. The van der Waals surface area contributed by atoms with Crippen molar-refractivity contribution in [3.8, 4) is 19.5 Å². The molecule has 1 aliphatic rings. The van der Waals surface area contributed by atoms with Crippen molar-refractivity contribution in [3.05, 3.63) is 97.9 Å². The number of aryl methyl sites for hydroxylation is 1. The van der Waals surface area contributed by atoms with E-state index in [0.29, 0.717) is 5.92 Å². The normalized spacial score (nSPS) is 18.1. The lowest BCUT2D eigenvalue weighted by atomic mass is 9.96.